The van der Waals surface area contributed by atoms with Crippen molar-refractivity contribution in [1.82, 2.24) is 20.1 Å². The van der Waals surface area contributed by atoms with E-state index in [9.17, 15) is 9.59 Å². The summed E-state index contributed by atoms with van der Waals surface area (Å²) in [6, 6.07) is 1.93. The van der Waals surface area contributed by atoms with E-state index in [-0.39, 0.29) is 5.97 Å². The first-order valence-corrected chi connectivity index (χ1v) is 9.97. The number of alkyl carbamates (subject to hydrolysis) is 1. The summed E-state index contributed by atoms with van der Waals surface area (Å²) in [6.07, 6.45) is 5.28. The van der Waals surface area contributed by atoms with E-state index in [1.807, 2.05) is 33.0 Å². The zero-order chi connectivity index (χ0) is 21.0. The smallest absolute Gasteiger partial charge is 0.407 e. The summed E-state index contributed by atoms with van der Waals surface area (Å²) < 4.78 is 12.2. The Morgan fingerprint density at radius 3 is 2.79 bits per heavy atom. The molecule has 0 atom stereocenters. The molecule has 0 unspecified atom stereocenters. The Labute approximate surface area is 170 Å². The number of carbonyl (C=O) groups excluding carboxylic acids is 2. The van der Waals surface area contributed by atoms with Crippen LogP contribution in [0.4, 0.5) is 4.79 Å². The number of fused-ring (bicyclic) bond motifs is 3. The fourth-order valence-electron chi connectivity index (χ4n) is 3.39. The Kier molecular flexibility index (Phi) is 6.20. The van der Waals surface area contributed by atoms with Crippen LogP contribution in [0.25, 0.3) is 11.3 Å². The Morgan fingerprint density at radius 1 is 1.28 bits per heavy atom. The van der Waals surface area contributed by atoms with E-state index in [1.54, 1.807) is 17.8 Å². The van der Waals surface area contributed by atoms with Crippen molar-refractivity contribution < 1.29 is 19.1 Å². The zero-order valence-corrected chi connectivity index (χ0v) is 17.4. The number of hydrogen-bond donors (Lipinski definition) is 1. The quantitative estimate of drug-likeness (QED) is 0.591. The number of nitrogens with one attached hydrogen (secondary N) is 1. The van der Waals surface area contributed by atoms with E-state index in [0.717, 1.165) is 35.2 Å². The van der Waals surface area contributed by atoms with Gasteiger partial charge in [0.1, 0.15) is 11.3 Å². The number of carbonyl (C=O) groups is 2. The highest BCUT2D eigenvalue weighted by atomic mass is 16.6. The third-order valence-electron chi connectivity index (χ3n) is 4.54. The first-order chi connectivity index (χ1) is 13.8. The summed E-state index contributed by atoms with van der Waals surface area (Å²) >= 11 is 0. The van der Waals surface area contributed by atoms with Crippen molar-refractivity contribution in [3.05, 3.63) is 35.3 Å². The maximum Gasteiger partial charge on any atom is 0.407 e. The standard InChI is InChI=1S/C21H28N4O4/c1-5-28-19(26)18-16-8-7-14-13-22-11-9-15(14)17(16)24-25(18)12-6-10-23-20(27)29-21(2,3)4/h9,11,13H,5-8,10,12H2,1-4H3,(H,23,27). The highest BCUT2D eigenvalue weighted by Crippen LogP contribution is 2.34. The van der Waals surface area contributed by atoms with E-state index in [4.69, 9.17) is 14.6 Å². The lowest BCUT2D eigenvalue weighted by Gasteiger charge is -2.19. The molecule has 0 saturated carbocycles. The van der Waals surface area contributed by atoms with Gasteiger partial charge >= 0.3 is 12.1 Å². The second-order valence-corrected chi connectivity index (χ2v) is 7.93. The van der Waals surface area contributed by atoms with Crippen LogP contribution in [-0.2, 0) is 28.9 Å². The Hall–Kier alpha value is -2.90. The normalized spacial score (nSPS) is 12.7. The summed E-state index contributed by atoms with van der Waals surface area (Å²) in [7, 11) is 0. The second-order valence-electron chi connectivity index (χ2n) is 7.93. The minimum absolute atomic E-state index is 0.305. The van der Waals surface area contributed by atoms with E-state index in [2.05, 4.69) is 10.3 Å². The van der Waals surface area contributed by atoms with Crippen molar-refractivity contribution in [3.63, 3.8) is 0 Å². The van der Waals surface area contributed by atoms with Gasteiger partial charge in [-0.3, -0.25) is 9.67 Å². The largest absolute Gasteiger partial charge is 0.461 e. The van der Waals surface area contributed by atoms with Gasteiger partial charge in [0, 0.05) is 36.6 Å². The molecule has 156 valence electrons. The van der Waals surface area contributed by atoms with Gasteiger partial charge in [-0.1, -0.05) is 0 Å². The van der Waals surface area contributed by atoms with Crippen LogP contribution < -0.4 is 5.32 Å². The lowest BCUT2D eigenvalue weighted by Crippen LogP contribution is -2.33. The average Bonchev–Trinajstić information content (AvgIpc) is 3.03. The lowest BCUT2D eigenvalue weighted by atomic mass is 9.90. The van der Waals surface area contributed by atoms with E-state index < -0.39 is 11.7 Å². The number of rotatable bonds is 6. The number of aromatic nitrogens is 3. The van der Waals surface area contributed by atoms with Gasteiger partial charge in [0.15, 0.2) is 0 Å². The predicted octanol–water partition coefficient (Wildman–Crippen LogP) is 3.14. The molecule has 0 radical (unpaired) electrons. The molecule has 29 heavy (non-hydrogen) atoms. The molecule has 0 aliphatic heterocycles. The number of amides is 1. The van der Waals surface area contributed by atoms with E-state index in [0.29, 0.717) is 31.8 Å². The monoisotopic (exact) mass is 400 g/mol. The van der Waals surface area contributed by atoms with E-state index >= 15 is 0 Å². The fourth-order valence-corrected chi connectivity index (χ4v) is 3.39. The summed E-state index contributed by atoms with van der Waals surface area (Å²) in [4.78, 5) is 28.6. The molecule has 2 aromatic heterocycles. The minimum Gasteiger partial charge on any atom is -0.461 e. The van der Waals surface area contributed by atoms with Crippen LogP contribution in [0.5, 0.6) is 0 Å². The van der Waals surface area contributed by atoms with Crippen LogP contribution in [0, 0.1) is 0 Å². The van der Waals surface area contributed by atoms with Crippen molar-refractivity contribution in [2.75, 3.05) is 13.2 Å². The highest BCUT2D eigenvalue weighted by molar-refractivity contribution is 5.92. The molecule has 0 saturated heterocycles. The van der Waals surface area contributed by atoms with Crippen LogP contribution in [-0.4, -0.2) is 45.6 Å². The van der Waals surface area contributed by atoms with Gasteiger partial charge in [-0.15, -0.1) is 0 Å². The first-order valence-electron chi connectivity index (χ1n) is 9.97. The van der Waals surface area contributed by atoms with Crippen molar-refractivity contribution >= 4 is 12.1 Å². The second kappa shape index (κ2) is 8.63. The topological polar surface area (TPSA) is 95.3 Å². The van der Waals surface area contributed by atoms with Gasteiger partial charge in [0.25, 0.3) is 0 Å². The molecule has 2 heterocycles. The average molecular weight is 400 g/mol. The molecule has 0 aromatic carbocycles. The van der Waals surface area contributed by atoms with E-state index in [1.165, 1.54) is 0 Å². The number of ether oxygens (including phenoxy) is 2. The SMILES string of the molecule is CCOC(=O)c1c2c(nn1CCCNC(=O)OC(C)(C)C)-c1ccncc1CC2. The number of esters is 1. The maximum atomic E-state index is 12.6. The molecule has 3 rings (SSSR count). The van der Waals surface area contributed by atoms with Crippen LogP contribution in [0.15, 0.2) is 18.5 Å². The number of hydrogen-bond acceptors (Lipinski definition) is 6. The number of nitrogens with zero attached hydrogens (tertiary/aromatic N) is 3. The minimum atomic E-state index is -0.537. The zero-order valence-electron chi connectivity index (χ0n) is 17.4. The molecule has 0 fully saturated rings. The van der Waals surface area contributed by atoms with Crippen molar-refractivity contribution in [1.29, 1.82) is 0 Å². The number of aryl methyl sites for hydroxylation is 2. The van der Waals surface area contributed by atoms with Crippen molar-refractivity contribution in [2.24, 2.45) is 0 Å². The van der Waals surface area contributed by atoms with Gasteiger partial charge in [0.2, 0.25) is 0 Å². The van der Waals surface area contributed by atoms with Gasteiger partial charge in [-0.25, -0.2) is 9.59 Å². The summed E-state index contributed by atoms with van der Waals surface area (Å²) in [5, 5.41) is 7.45. The van der Waals surface area contributed by atoms with Crippen LogP contribution >= 0.6 is 0 Å². The summed E-state index contributed by atoms with van der Waals surface area (Å²) in [5.74, 6) is -0.362. The van der Waals surface area contributed by atoms with Gasteiger partial charge in [0.05, 0.1) is 12.3 Å². The Morgan fingerprint density at radius 2 is 2.07 bits per heavy atom. The third-order valence-corrected chi connectivity index (χ3v) is 4.54. The molecular formula is C21H28N4O4. The molecule has 1 aliphatic carbocycles. The molecule has 1 N–H and O–H groups in total. The van der Waals surface area contributed by atoms with Crippen LogP contribution in [0.3, 0.4) is 0 Å². The molecule has 2 aromatic rings. The summed E-state index contributed by atoms with van der Waals surface area (Å²) in [5.41, 5.74) is 3.84. The number of pyridine rings is 1. The van der Waals surface area contributed by atoms with Gasteiger partial charge in [-0.05, 0) is 58.6 Å². The Balaban J connectivity index is 1.76. The Bertz CT molecular complexity index is 899. The molecule has 8 nitrogen and oxygen atoms in total. The lowest BCUT2D eigenvalue weighted by molar-refractivity contribution is 0.0500. The first kappa shape index (κ1) is 20.8. The van der Waals surface area contributed by atoms with Gasteiger partial charge in [-0.2, -0.15) is 5.10 Å². The molecule has 8 heteroatoms. The maximum absolute atomic E-state index is 12.6. The molecular weight excluding hydrogens is 372 g/mol. The molecule has 1 amide bonds. The molecule has 0 bridgehead atoms. The van der Waals surface area contributed by atoms with Crippen LogP contribution in [0.1, 0.15) is 55.7 Å². The fraction of sp³-hybridized carbons (Fsp3) is 0.524. The van der Waals surface area contributed by atoms with Gasteiger partial charge < -0.3 is 14.8 Å². The van der Waals surface area contributed by atoms with Crippen LogP contribution in [0.2, 0.25) is 0 Å². The molecule has 0 spiro atoms. The molecule has 1 aliphatic rings. The predicted molar refractivity (Wildman–Crippen MR) is 108 cm³/mol. The van der Waals surface area contributed by atoms with Crippen molar-refractivity contribution in [2.45, 2.75) is 59.1 Å². The van der Waals surface area contributed by atoms with Crippen molar-refractivity contribution in [3.8, 4) is 11.3 Å². The highest BCUT2D eigenvalue weighted by Gasteiger charge is 2.29. The summed E-state index contributed by atoms with van der Waals surface area (Å²) in [6.45, 7) is 8.45. The third kappa shape index (κ3) is 4.93.